The molecule has 0 spiro atoms. The third-order valence-corrected chi connectivity index (χ3v) is 4.65. The van der Waals surface area contributed by atoms with E-state index in [0.717, 1.165) is 50.3 Å². The highest BCUT2D eigenvalue weighted by atomic mass is 16.5. The molecule has 2 aromatic carbocycles. The Morgan fingerprint density at radius 1 is 1.00 bits per heavy atom. The first-order valence-electron chi connectivity index (χ1n) is 10.0. The van der Waals surface area contributed by atoms with Crippen LogP contribution in [0.4, 0.5) is 5.69 Å². The Balaban J connectivity index is 1.84. The molecule has 3 nitrogen and oxygen atoms in total. The Morgan fingerprint density at radius 2 is 1.77 bits per heavy atom. The molecule has 0 aliphatic heterocycles. The first-order chi connectivity index (χ1) is 12.7. The molecule has 0 radical (unpaired) electrons. The number of unbranched alkanes of at least 4 members (excludes halogenated alkanes) is 2. The molecule has 2 rings (SSSR count). The van der Waals surface area contributed by atoms with E-state index < -0.39 is 0 Å². The minimum absolute atomic E-state index is 0.370. The molecule has 26 heavy (non-hydrogen) atoms. The normalized spacial score (nSPS) is 12.1. The summed E-state index contributed by atoms with van der Waals surface area (Å²) >= 11 is 0. The van der Waals surface area contributed by atoms with Crippen molar-refractivity contribution in [1.29, 1.82) is 0 Å². The van der Waals surface area contributed by atoms with Crippen LogP contribution in [0.3, 0.4) is 0 Å². The minimum Gasteiger partial charge on any atom is -0.494 e. The minimum atomic E-state index is 0.370. The van der Waals surface area contributed by atoms with Crippen LogP contribution in [0.1, 0.15) is 63.1 Å². The van der Waals surface area contributed by atoms with Crippen molar-refractivity contribution in [2.45, 2.75) is 58.4 Å². The molecule has 0 fully saturated rings. The van der Waals surface area contributed by atoms with E-state index in [9.17, 15) is 0 Å². The highest BCUT2D eigenvalue weighted by molar-refractivity contribution is 5.41. The number of nitrogens with two attached hydrogens (primary N) is 1. The Bertz CT molecular complexity index is 624. The number of hydrogen-bond donors (Lipinski definition) is 2. The summed E-state index contributed by atoms with van der Waals surface area (Å²) < 4.78 is 5.73. The molecule has 0 heterocycles. The lowest BCUT2D eigenvalue weighted by atomic mass is 10.00. The van der Waals surface area contributed by atoms with E-state index in [2.05, 4.69) is 55.6 Å². The molecule has 0 saturated heterocycles. The predicted octanol–water partition coefficient (Wildman–Crippen LogP) is 5.51. The van der Waals surface area contributed by atoms with E-state index in [1.54, 1.807) is 0 Å². The van der Waals surface area contributed by atoms with E-state index in [4.69, 9.17) is 10.5 Å². The van der Waals surface area contributed by atoms with Crippen LogP contribution in [0.5, 0.6) is 5.75 Å². The number of nitrogen functional groups attached to an aromatic ring is 1. The third-order valence-electron chi connectivity index (χ3n) is 4.65. The zero-order valence-electron chi connectivity index (χ0n) is 16.3. The molecule has 3 heteroatoms. The molecule has 0 saturated carbocycles. The van der Waals surface area contributed by atoms with Crippen LogP contribution < -0.4 is 15.8 Å². The van der Waals surface area contributed by atoms with Gasteiger partial charge in [-0.2, -0.15) is 0 Å². The molecule has 0 bridgehead atoms. The molecular formula is C23H34N2O. The van der Waals surface area contributed by atoms with Gasteiger partial charge in [-0.05, 0) is 61.2 Å². The van der Waals surface area contributed by atoms with Gasteiger partial charge in [0, 0.05) is 11.7 Å². The van der Waals surface area contributed by atoms with E-state index in [1.165, 1.54) is 24.0 Å². The second-order valence-corrected chi connectivity index (χ2v) is 6.92. The van der Waals surface area contributed by atoms with Gasteiger partial charge in [0.2, 0.25) is 0 Å². The Hall–Kier alpha value is -2.00. The van der Waals surface area contributed by atoms with Crippen molar-refractivity contribution in [3.8, 4) is 5.75 Å². The largest absolute Gasteiger partial charge is 0.494 e. The Morgan fingerprint density at radius 3 is 2.46 bits per heavy atom. The average molecular weight is 355 g/mol. The number of nitrogens with one attached hydrogen (secondary N) is 1. The zero-order chi connectivity index (χ0) is 18.6. The van der Waals surface area contributed by atoms with Gasteiger partial charge in [-0.15, -0.1) is 0 Å². The summed E-state index contributed by atoms with van der Waals surface area (Å²) in [7, 11) is 0. The first kappa shape index (κ1) is 20.3. The molecule has 0 amide bonds. The van der Waals surface area contributed by atoms with Crippen molar-refractivity contribution >= 4 is 5.69 Å². The maximum absolute atomic E-state index is 5.96. The van der Waals surface area contributed by atoms with Crippen LogP contribution in [-0.2, 0) is 6.42 Å². The Kier molecular flexibility index (Phi) is 9.05. The van der Waals surface area contributed by atoms with Crippen LogP contribution in [0, 0.1) is 0 Å². The lowest BCUT2D eigenvalue weighted by molar-refractivity contribution is 0.309. The summed E-state index contributed by atoms with van der Waals surface area (Å²) in [5.74, 6) is 0.968. The van der Waals surface area contributed by atoms with E-state index >= 15 is 0 Å². The van der Waals surface area contributed by atoms with Crippen molar-refractivity contribution in [2.24, 2.45) is 0 Å². The van der Waals surface area contributed by atoms with Gasteiger partial charge in [-0.25, -0.2) is 0 Å². The predicted molar refractivity (Wildman–Crippen MR) is 112 cm³/mol. The summed E-state index contributed by atoms with van der Waals surface area (Å²) in [5.41, 5.74) is 9.43. The topological polar surface area (TPSA) is 47.3 Å². The maximum atomic E-state index is 5.96. The van der Waals surface area contributed by atoms with Crippen LogP contribution in [0.2, 0.25) is 0 Å². The lowest BCUT2D eigenvalue weighted by Crippen LogP contribution is -2.24. The molecule has 1 unspecified atom stereocenters. The van der Waals surface area contributed by atoms with E-state index in [-0.39, 0.29) is 0 Å². The van der Waals surface area contributed by atoms with Gasteiger partial charge < -0.3 is 15.8 Å². The molecule has 142 valence electrons. The standard InChI is InChI=1S/C23H34N2O/c1-3-5-10-23(20-8-7-9-21(24)18-20)25-16-15-19-11-13-22(14-12-19)26-17-6-4-2/h7-9,11-14,18,23,25H,3-6,10,15-17,24H2,1-2H3. The second-order valence-electron chi connectivity index (χ2n) is 6.92. The van der Waals surface area contributed by atoms with Gasteiger partial charge in [-0.3, -0.25) is 0 Å². The van der Waals surface area contributed by atoms with Crippen molar-refractivity contribution in [3.63, 3.8) is 0 Å². The quantitative estimate of drug-likeness (QED) is 0.390. The highest BCUT2D eigenvalue weighted by Gasteiger charge is 2.10. The zero-order valence-corrected chi connectivity index (χ0v) is 16.3. The van der Waals surface area contributed by atoms with Gasteiger partial charge in [0.1, 0.15) is 5.75 Å². The lowest BCUT2D eigenvalue weighted by Gasteiger charge is -2.19. The van der Waals surface area contributed by atoms with Crippen molar-refractivity contribution in [3.05, 3.63) is 59.7 Å². The molecule has 0 aliphatic rings. The van der Waals surface area contributed by atoms with Gasteiger partial charge in [0.05, 0.1) is 6.61 Å². The van der Waals surface area contributed by atoms with Crippen molar-refractivity contribution in [1.82, 2.24) is 5.32 Å². The van der Waals surface area contributed by atoms with Crippen LogP contribution >= 0.6 is 0 Å². The summed E-state index contributed by atoms with van der Waals surface area (Å²) in [4.78, 5) is 0. The van der Waals surface area contributed by atoms with Crippen molar-refractivity contribution < 1.29 is 4.74 Å². The average Bonchev–Trinajstić information content (AvgIpc) is 2.66. The summed E-state index contributed by atoms with van der Waals surface area (Å²) in [6.45, 7) is 6.17. The Labute approximate surface area is 159 Å². The molecule has 0 aromatic heterocycles. The summed E-state index contributed by atoms with van der Waals surface area (Å²) in [6.07, 6.45) is 6.85. The van der Waals surface area contributed by atoms with Crippen LogP contribution in [0.15, 0.2) is 48.5 Å². The fraction of sp³-hybridized carbons (Fsp3) is 0.478. The summed E-state index contributed by atoms with van der Waals surface area (Å²) in [5, 5.41) is 3.72. The fourth-order valence-corrected chi connectivity index (χ4v) is 3.05. The van der Waals surface area contributed by atoms with E-state index in [1.807, 2.05) is 12.1 Å². The van der Waals surface area contributed by atoms with Gasteiger partial charge in [-0.1, -0.05) is 57.4 Å². The van der Waals surface area contributed by atoms with Crippen LogP contribution in [0.25, 0.3) is 0 Å². The fourth-order valence-electron chi connectivity index (χ4n) is 3.05. The van der Waals surface area contributed by atoms with Gasteiger partial charge in [0.15, 0.2) is 0 Å². The second kappa shape index (κ2) is 11.6. The number of hydrogen-bond acceptors (Lipinski definition) is 3. The smallest absolute Gasteiger partial charge is 0.119 e. The highest BCUT2D eigenvalue weighted by Crippen LogP contribution is 2.21. The first-order valence-corrected chi connectivity index (χ1v) is 10.0. The molecule has 2 aromatic rings. The third kappa shape index (κ3) is 7.09. The molecule has 0 aliphatic carbocycles. The van der Waals surface area contributed by atoms with E-state index in [0.29, 0.717) is 6.04 Å². The SMILES string of the molecule is CCCCOc1ccc(CCNC(CCCC)c2cccc(N)c2)cc1. The number of ether oxygens (including phenoxy) is 1. The van der Waals surface area contributed by atoms with Gasteiger partial charge in [0.25, 0.3) is 0 Å². The molecular weight excluding hydrogens is 320 g/mol. The summed E-state index contributed by atoms with van der Waals surface area (Å²) in [6, 6.07) is 17.1. The van der Waals surface area contributed by atoms with Gasteiger partial charge >= 0.3 is 0 Å². The molecule has 1 atom stereocenters. The van der Waals surface area contributed by atoms with Crippen molar-refractivity contribution in [2.75, 3.05) is 18.9 Å². The number of anilines is 1. The van der Waals surface area contributed by atoms with Crippen LogP contribution in [-0.4, -0.2) is 13.2 Å². The number of rotatable bonds is 12. The maximum Gasteiger partial charge on any atom is 0.119 e. The monoisotopic (exact) mass is 354 g/mol. The number of benzene rings is 2. The molecule has 3 N–H and O–H groups in total.